The summed E-state index contributed by atoms with van der Waals surface area (Å²) in [5.41, 5.74) is 2.54. The van der Waals surface area contributed by atoms with Crippen molar-refractivity contribution in [2.24, 2.45) is 5.92 Å². The molecule has 5 nitrogen and oxygen atoms in total. The van der Waals surface area contributed by atoms with Gasteiger partial charge < -0.3 is 14.4 Å². The molecule has 1 saturated heterocycles. The largest absolute Gasteiger partial charge is 0.494 e. The van der Waals surface area contributed by atoms with Gasteiger partial charge in [-0.15, -0.1) is 11.3 Å². The summed E-state index contributed by atoms with van der Waals surface area (Å²) in [6.07, 6.45) is 2.71. The van der Waals surface area contributed by atoms with Crippen molar-refractivity contribution in [2.75, 3.05) is 19.7 Å². The number of ether oxygens (including phenoxy) is 2. The number of thiazole rings is 1. The van der Waals surface area contributed by atoms with Crippen molar-refractivity contribution in [1.82, 2.24) is 9.88 Å². The Morgan fingerprint density at radius 1 is 1.28 bits per heavy atom. The van der Waals surface area contributed by atoms with Gasteiger partial charge in [0.1, 0.15) is 12.4 Å². The van der Waals surface area contributed by atoms with Crippen LogP contribution in [0.5, 0.6) is 5.75 Å². The summed E-state index contributed by atoms with van der Waals surface area (Å²) in [7, 11) is 0. The molecule has 0 radical (unpaired) electrons. The normalized spacial score (nSPS) is 15.2. The number of likely N-dealkylation sites (tertiary alicyclic amines) is 1. The first kappa shape index (κ1) is 18.0. The molecule has 0 saturated carbocycles. The molecular formula is C18H21ClN2O3S. The fourth-order valence-corrected chi connectivity index (χ4v) is 3.48. The second kappa shape index (κ2) is 9.06. The summed E-state index contributed by atoms with van der Waals surface area (Å²) in [6.45, 7) is 2.40. The zero-order valence-electron chi connectivity index (χ0n) is 13.9. The van der Waals surface area contributed by atoms with Crippen molar-refractivity contribution < 1.29 is 14.3 Å². The first-order chi connectivity index (χ1) is 12.2. The van der Waals surface area contributed by atoms with Crippen molar-refractivity contribution in [3.05, 3.63) is 45.9 Å². The summed E-state index contributed by atoms with van der Waals surface area (Å²) in [4.78, 5) is 18.0. The molecule has 1 aliphatic rings. The van der Waals surface area contributed by atoms with Crippen LogP contribution in [0, 0.1) is 5.92 Å². The van der Waals surface area contributed by atoms with Gasteiger partial charge in [-0.05, 0) is 49.4 Å². The molecule has 1 amide bonds. The standard InChI is InChI=1S/C18H21ClN2O3S/c19-15-1-3-17(4-2-15)23-10-7-14-5-8-21(9-6-14)18(22)24-11-16-12-25-13-20-16/h1-4,12-14H,5-11H2. The molecule has 0 N–H and O–H groups in total. The predicted octanol–water partition coefficient (Wildman–Crippen LogP) is 4.61. The van der Waals surface area contributed by atoms with Gasteiger partial charge in [0.2, 0.25) is 0 Å². The molecular weight excluding hydrogens is 360 g/mol. The lowest BCUT2D eigenvalue weighted by Gasteiger charge is -2.31. The van der Waals surface area contributed by atoms with Crippen LogP contribution in [0.4, 0.5) is 4.79 Å². The van der Waals surface area contributed by atoms with Crippen LogP contribution in [-0.2, 0) is 11.3 Å². The van der Waals surface area contributed by atoms with Gasteiger partial charge in [0.25, 0.3) is 0 Å². The quantitative estimate of drug-likeness (QED) is 0.734. The molecule has 1 aromatic heterocycles. The minimum absolute atomic E-state index is 0.246. The summed E-state index contributed by atoms with van der Waals surface area (Å²) < 4.78 is 11.1. The number of rotatable bonds is 6. The Kier molecular flexibility index (Phi) is 6.53. The van der Waals surface area contributed by atoms with E-state index >= 15 is 0 Å². The fourth-order valence-electron chi connectivity index (χ4n) is 2.81. The molecule has 7 heteroatoms. The number of amides is 1. The van der Waals surface area contributed by atoms with E-state index in [9.17, 15) is 4.79 Å². The molecule has 1 aromatic carbocycles. The van der Waals surface area contributed by atoms with Crippen LogP contribution in [0.3, 0.4) is 0 Å². The average molecular weight is 381 g/mol. The number of nitrogens with zero attached hydrogens (tertiary/aromatic N) is 2. The van der Waals surface area contributed by atoms with Gasteiger partial charge >= 0.3 is 6.09 Å². The maximum Gasteiger partial charge on any atom is 0.410 e. The Labute approximate surface area is 156 Å². The van der Waals surface area contributed by atoms with Crippen LogP contribution in [0.2, 0.25) is 5.02 Å². The monoisotopic (exact) mass is 380 g/mol. The third-order valence-corrected chi connectivity index (χ3v) is 5.20. The maximum atomic E-state index is 12.1. The second-order valence-electron chi connectivity index (χ2n) is 6.06. The van der Waals surface area contributed by atoms with E-state index in [0.717, 1.165) is 43.8 Å². The first-order valence-corrected chi connectivity index (χ1v) is 9.70. The van der Waals surface area contributed by atoms with Gasteiger partial charge in [0, 0.05) is 23.5 Å². The van der Waals surface area contributed by atoms with Crippen LogP contribution in [-0.4, -0.2) is 35.7 Å². The molecule has 2 aromatic rings. The molecule has 3 rings (SSSR count). The number of hydrogen-bond donors (Lipinski definition) is 0. The van der Waals surface area contributed by atoms with E-state index in [1.807, 2.05) is 29.6 Å². The van der Waals surface area contributed by atoms with Gasteiger partial charge in [-0.3, -0.25) is 0 Å². The van der Waals surface area contributed by atoms with E-state index in [2.05, 4.69) is 4.98 Å². The number of halogens is 1. The van der Waals surface area contributed by atoms with Crippen LogP contribution in [0.1, 0.15) is 25.0 Å². The summed E-state index contributed by atoms with van der Waals surface area (Å²) >= 11 is 7.36. The highest BCUT2D eigenvalue weighted by Gasteiger charge is 2.23. The molecule has 0 aliphatic carbocycles. The highest BCUT2D eigenvalue weighted by atomic mass is 35.5. The highest BCUT2D eigenvalue weighted by Crippen LogP contribution is 2.22. The van der Waals surface area contributed by atoms with Gasteiger partial charge in [-0.1, -0.05) is 11.6 Å². The number of carbonyl (C=O) groups excluding carboxylic acids is 1. The van der Waals surface area contributed by atoms with Crippen molar-refractivity contribution in [2.45, 2.75) is 25.9 Å². The smallest absolute Gasteiger partial charge is 0.410 e. The number of benzene rings is 1. The van der Waals surface area contributed by atoms with E-state index < -0.39 is 0 Å². The van der Waals surface area contributed by atoms with Crippen LogP contribution in [0.15, 0.2) is 35.2 Å². The molecule has 25 heavy (non-hydrogen) atoms. The Hall–Kier alpha value is -1.79. The molecule has 0 spiro atoms. The third kappa shape index (κ3) is 5.61. The zero-order chi connectivity index (χ0) is 17.5. The second-order valence-corrected chi connectivity index (χ2v) is 7.21. The van der Waals surface area contributed by atoms with Crippen molar-refractivity contribution >= 4 is 29.0 Å². The lowest BCUT2D eigenvalue weighted by Crippen LogP contribution is -2.39. The average Bonchev–Trinajstić information content (AvgIpc) is 3.15. The first-order valence-electron chi connectivity index (χ1n) is 8.38. The SMILES string of the molecule is O=C(OCc1cscn1)N1CCC(CCOc2ccc(Cl)cc2)CC1. The number of carbonyl (C=O) groups is 1. The summed E-state index contributed by atoms with van der Waals surface area (Å²) in [5, 5.41) is 2.60. The molecule has 1 fully saturated rings. The molecule has 0 unspecified atom stereocenters. The van der Waals surface area contributed by atoms with Crippen molar-refractivity contribution in [1.29, 1.82) is 0 Å². The Balaban J connectivity index is 1.32. The highest BCUT2D eigenvalue weighted by molar-refractivity contribution is 7.07. The van der Waals surface area contributed by atoms with Gasteiger partial charge in [-0.2, -0.15) is 0 Å². The van der Waals surface area contributed by atoms with E-state index in [-0.39, 0.29) is 12.7 Å². The number of hydrogen-bond acceptors (Lipinski definition) is 5. The number of piperidine rings is 1. The number of aromatic nitrogens is 1. The van der Waals surface area contributed by atoms with Crippen molar-refractivity contribution in [3.8, 4) is 5.75 Å². The minimum atomic E-state index is -0.246. The summed E-state index contributed by atoms with van der Waals surface area (Å²) in [6, 6.07) is 7.41. The Morgan fingerprint density at radius 2 is 2.04 bits per heavy atom. The minimum Gasteiger partial charge on any atom is -0.494 e. The molecule has 0 bridgehead atoms. The Morgan fingerprint density at radius 3 is 2.72 bits per heavy atom. The molecule has 1 aliphatic heterocycles. The van der Waals surface area contributed by atoms with E-state index in [4.69, 9.17) is 21.1 Å². The van der Waals surface area contributed by atoms with Gasteiger partial charge in [-0.25, -0.2) is 9.78 Å². The third-order valence-electron chi connectivity index (χ3n) is 4.31. The molecule has 0 atom stereocenters. The fraction of sp³-hybridized carbons (Fsp3) is 0.444. The lowest BCUT2D eigenvalue weighted by atomic mass is 9.94. The van der Waals surface area contributed by atoms with Gasteiger partial charge in [0.05, 0.1) is 17.8 Å². The van der Waals surface area contributed by atoms with Crippen LogP contribution < -0.4 is 4.74 Å². The lowest BCUT2D eigenvalue weighted by molar-refractivity contribution is 0.0792. The Bertz CT molecular complexity index is 655. The zero-order valence-corrected chi connectivity index (χ0v) is 15.5. The summed E-state index contributed by atoms with van der Waals surface area (Å²) in [5.74, 6) is 1.42. The molecule has 2 heterocycles. The van der Waals surface area contributed by atoms with Crippen LogP contribution in [0.25, 0.3) is 0 Å². The van der Waals surface area contributed by atoms with E-state index in [1.54, 1.807) is 10.4 Å². The molecule has 134 valence electrons. The van der Waals surface area contributed by atoms with Gasteiger partial charge in [0.15, 0.2) is 0 Å². The van der Waals surface area contributed by atoms with E-state index in [0.29, 0.717) is 17.5 Å². The topological polar surface area (TPSA) is 51.7 Å². The van der Waals surface area contributed by atoms with E-state index in [1.165, 1.54) is 11.3 Å². The van der Waals surface area contributed by atoms with Crippen LogP contribution >= 0.6 is 22.9 Å². The predicted molar refractivity (Wildman–Crippen MR) is 98.2 cm³/mol. The maximum absolute atomic E-state index is 12.1. The van der Waals surface area contributed by atoms with Crippen molar-refractivity contribution in [3.63, 3.8) is 0 Å².